The van der Waals surface area contributed by atoms with Crippen molar-refractivity contribution in [3.05, 3.63) is 40.5 Å². The number of aliphatic hydroxyl groups is 1. The zero-order chi connectivity index (χ0) is 13.1. The van der Waals surface area contributed by atoms with Crippen molar-refractivity contribution in [2.24, 2.45) is 0 Å². The van der Waals surface area contributed by atoms with Gasteiger partial charge in [-0.1, -0.05) is 6.08 Å². The first-order valence-electron chi connectivity index (χ1n) is 5.48. The van der Waals surface area contributed by atoms with Crippen molar-refractivity contribution in [1.29, 1.82) is 0 Å². The Kier molecular flexibility index (Phi) is 3.47. The van der Waals surface area contributed by atoms with E-state index in [-0.39, 0.29) is 18.9 Å². The van der Waals surface area contributed by atoms with Gasteiger partial charge in [-0.2, -0.15) is 0 Å². The third-order valence-electron chi connectivity index (χ3n) is 2.66. The number of allylic oxidation sites excluding steroid dienone is 1. The van der Waals surface area contributed by atoms with Gasteiger partial charge in [0.05, 0.1) is 17.1 Å². The zero-order valence-electron chi connectivity index (χ0n) is 9.67. The number of aliphatic hydroxyl groups excluding tert-OH is 1. The molecule has 1 aromatic rings. The molecule has 2 rings (SSSR count). The number of benzene rings is 1. The molecule has 0 saturated heterocycles. The Hall–Kier alpha value is -2.08. The Balaban J connectivity index is 2.50. The van der Waals surface area contributed by atoms with Gasteiger partial charge in [0.1, 0.15) is 6.61 Å². The number of nitro groups is 1. The van der Waals surface area contributed by atoms with E-state index in [1.807, 2.05) is 0 Å². The normalized spacial score (nSPS) is 17.3. The second-order valence-corrected chi connectivity index (χ2v) is 3.87. The molecule has 0 aliphatic carbocycles. The molecule has 0 spiro atoms. The number of nitro benzene ring substituents is 1. The molecule has 6 heteroatoms. The summed E-state index contributed by atoms with van der Waals surface area (Å²) in [5.74, 6) is 0.788. The van der Waals surface area contributed by atoms with Gasteiger partial charge in [0.25, 0.3) is 5.69 Å². The highest BCUT2D eigenvalue weighted by atomic mass is 16.6. The average Bonchev–Trinajstić information content (AvgIpc) is 2.38. The average molecular weight is 251 g/mol. The first kappa shape index (κ1) is 12.4. The number of ether oxygens (including phenoxy) is 2. The Bertz CT molecular complexity index is 486. The molecule has 96 valence electrons. The highest BCUT2D eigenvalue weighted by Gasteiger charge is 2.28. The van der Waals surface area contributed by atoms with Crippen LogP contribution in [0.2, 0.25) is 0 Å². The maximum atomic E-state index is 11.0. The SMILES string of the molecule is C=CCc1c([N+](=O)[O-])ccc2c1O[C@@H](CO)CO2. The number of fused-ring (bicyclic) bond motifs is 1. The van der Waals surface area contributed by atoms with Gasteiger partial charge in [-0.05, 0) is 6.07 Å². The molecule has 0 unspecified atom stereocenters. The summed E-state index contributed by atoms with van der Waals surface area (Å²) in [5, 5.41) is 20.0. The third kappa shape index (κ3) is 2.14. The van der Waals surface area contributed by atoms with Crippen LogP contribution in [0.4, 0.5) is 5.69 Å². The summed E-state index contributed by atoms with van der Waals surface area (Å²) in [6.45, 7) is 3.61. The van der Waals surface area contributed by atoms with Crippen molar-refractivity contribution in [3.63, 3.8) is 0 Å². The van der Waals surface area contributed by atoms with Crippen LogP contribution in [-0.2, 0) is 6.42 Å². The maximum absolute atomic E-state index is 11.0. The van der Waals surface area contributed by atoms with Crippen LogP contribution < -0.4 is 9.47 Å². The summed E-state index contributed by atoms with van der Waals surface area (Å²) >= 11 is 0. The van der Waals surface area contributed by atoms with E-state index in [2.05, 4.69) is 6.58 Å². The molecule has 0 bridgehead atoms. The van der Waals surface area contributed by atoms with Crippen molar-refractivity contribution in [1.82, 2.24) is 0 Å². The van der Waals surface area contributed by atoms with Gasteiger partial charge in [0.2, 0.25) is 0 Å². The fraction of sp³-hybridized carbons (Fsp3) is 0.333. The van der Waals surface area contributed by atoms with E-state index in [1.165, 1.54) is 12.1 Å². The summed E-state index contributed by atoms with van der Waals surface area (Å²) < 4.78 is 10.9. The molecule has 18 heavy (non-hydrogen) atoms. The van der Waals surface area contributed by atoms with Crippen LogP contribution in [0.1, 0.15) is 5.56 Å². The zero-order valence-corrected chi connectivity index (χ0v) is 9.67. The highest BCUT2D eigenvalue weighted by Crippen LogP contribution is 2.40. The van der Waals surface area contributed by atoms with Crippen molar-refractivity contribution in [2.75, 3.05) is 13.2 Å². The fourth-order valence-electron chi connectivity index (χ4n) is 1.82. The minimum atomic E-state index is -0.497. The van der Waals surface area contributed by atoms with Crippen molar-refractivity contribution in [2.45, 2.75) is 12.5 Å². The second kappa shape index (κ2) is 5.05. The predicted molar refractivity (Wildman–Crippen MR) is 64.0 cm³/mol. The van der Waals surface area contributed by atoms with E-state index in [4.69, 9.17) is 14.6 Å². The molecule has 1 N–H and O–H groups in total. The summed E-state index contributed by atoms with van der Waals surface area (Å²) in [4.78, 5) is 10.5. The minimum Gasteiger partial charge on any atom is -0.486 e. The molecule has 1 aliphatic heterocycles. The summed E-state index contributed by atoms with van der Waals surface area (Å²) in [5.41, 5.74) is 0.390. The van der Waals surface area contributed by atoms with Crippen LogP contribution in [0.3, 0.4) is 0 Å². The van der Waals surface area contributed by atoms with Gasteiger partial charge >= 0.3 is 0 Å². The maximum Gasteiger partial charge on any atom is 0.276 e. The molecule has 0 radical (unpaired) electrons. The van der Waals surface area contributed by atoms with Crippen LogP contribution in [-0.4, -0.2) is 29.3 Å². The number of hydrogen-bond donors (Lipinski definition) is 1. The van der Waals surface area contributed by atoms with Gasteiger partial charge in [-0.3, -0.25) is 10.1 Å². The molecule has 1 atom stereocenters. The third-order valence-corrected chi connectivity index (χ3v) is 2.66. The van der Waals surface area contributed by atoms with E-state index < -0.39 is 11.0 Å². The van der Waals surface area contributed by atoms with Gasteiger partial charge in [0, 0.05) is 12.5 Å². The van der Waals surface area contributed by atoms with Crippen molar-refractivity contribution < 1.29 is 19.5 Å². The standard InChI is InChI=1S/C12H13NO5/c1-2-3-9-10(13(15)16)4-5-11-12(9)18-8(6-14)7-17-11/h2,4-5,8,14H,1,3,6-7H2/t8-/m0/s1. The van der Waals surface area contributed by atoms with Crippen molar-refractivity contribution in [3.8, 4) is 11.5 Å². The lowest BCUT2D eigenvalue weighted by Gasteiger charge is -2.26. The molecule has 6 nitrogen and oxygen atoms in total. The molecular formula is C12H13NO5. The molecule has 0 fully saturated rings. The smallest absolute Gasteiger partial charge is 0.276 e. The largest absolute Gasteiger partial charge is 0.486 e. The van der Waals surface area contributed by atoms with Crippen molar-refractivity contribution >= 4 is 5.69 Å². The van der Waals surface area contributed by atoms with E-state index in [9.17, 15) is 10.1 Å². The quantitative estimate of drug-likeness (QED) is 0.497. The summed E-state index contributed by atoms with van der Waals surface area (Å²) in [7, 11) is 0. The topological polar surface area (TPSA) is 81.8 Å². The molecule has 1 aromatic carbocycles. The Morgan fingerprint density at radius 3 is 3.00 bits per heavy atom. The number of hydrogen-bond acceptors (Lipinski definition) is 5. The lowest BCUT2D eigenvalue weighted by atomic mass is 10.1. The van der Waals surface area contributed by atoms with Gasteiger partial charge < -0.3 is 14.6 Å². The molecule has 1 heterocycles. The Labute approximate surface area is 104 Å². The molecule has 0 amide bonds. The van der Waals surface area contributed by atoms with Crippen LogP contribution in [0, 0.1) is 10.1 Å². The number of rotatable bonds is 4. The van der Waals surface area contributed by atoms with Gasteiger partial charge in [-0.25, -0.2) is 0 Å². The van der Waals surface area contributed by atoms with Crippen LogP contribution in [0.15, 0.2) is 24.8 Å². The molecule has 1 aliphatic rings. The Morgan fingerprint density at radius 2 is 2.39 bits per heavy atom. The van der Waals surface area contributed by atoms with E-state index in [0.717, 1.165) is 0 Å². The second-order valence-electron chi connectivity index (χ2n) is 3.87. The van der Waals surface area contributed by atoms with Crippen LogP contribution in [0.5, 0.6) is 11.5 Å². The van der Waals surface area contributed by atoms with Gasteiger partial charge in [-0.15, -0.1) is 6.58 Å². The fourth-order valence-corrected chi connectivity index (χ4v) is 1.82. The first-order valence-corrected chi connectivity index (χ1v) is 5.48. The number of nitrogens with zero attached hydrogens (tertiary/aromatic N) is 1. The van der Waals surface area contributed by atoms with Gasteiger partial charge in [0.15, 0.2) is 17.6 Å². The molecule has 0 aromatic heterocycles. The lowest BCUT2D eigenvalue weighted by Crippen LogP contribution is -2.32. The Morgan fingerprint density at radius 1 is 1.61 bits per heavy atom. The molecule has 0 saturated carbocycles. The lowest BCUT2D eigenvalue weighted by molar-refractivity contribution is -0.385. The van der Waals surface area contributed by atoms with E-state index >= 15 is 0 Å². The first-order chi connectivity index (χ1) is 8.67. The van der Waals surface area contributed by atoms with Crippen LogP contribution in [0.25, 0.3) is 0 Å². The predicted octanol–water partition coefficient (Wildman–Crippen LogP) is 1.46. The summed E-state index contributed by atoms with van der Waals surface area (Å²) in [6.07, 6.45) is 1.37. The highest BCUT2D eigenvalue weighted by molar-refractivity contribution is 5.58. The van der Waals surface area contributed by atoms with Crippen LogP contribution >= 0.6 is 0 Å². The summed E-state index contributed by atoms with van der Waals surface area (Å²) in [6, 6.07) is 2.90. The van der Waals surface area contributed by atoms with E-state index in [0.29, 0.717) is 23.5 Å². The minimum absolute atomic E-state index is 0.0316. The molecular weight excluding hydrogens is 238 g/mol. The monoisotopic (exact) mass is 251 g/mol. The van der Waals surface area contributed by atoms with E-state index in [1.54, 1.807) is 6.08 Å².